The molecule has 0 radical (unpaired) electrons. The first-order chi connectivity index (χ1) is 8.05. The van der Waals surface area contributed by atoms with Crippen LogP contribution in [0.25, 0.3) is 0 Å². The zero-order valence-electron chi connectivity index (χ0n) is 11.1. The molecule has 1 N–H and O–H groups in total. The Morgan fingerprint density at radius 1 is 1.35 bits per heavy atom. The molecule has 0 unspecified atom stereocenters. The van der Waals surface area contributed by atoms with E-state index in [2.05, 4.69) is 31.1 Å². The summed E-state index contributed by atoms with van der Waals surface area (Å²) < 4.78 is 13.3. The lowest BCUT2D eigenvalue weighted by molar-refractivity contribution is 0.341. The van der Waals surface area contributed by atoms with Gasteiger partial charge in [0.2, 0.25) is 0 Å². The Morgan fingerprint density at radius 2 is 2.12 bits per heavy atom. The summed E-state index contributed by atoms with van der Waals surface area (Å²) in [5.74, 6) is 0.0768. The molecule has 1 aromatic rings. The van der Waals surface area contributed by atoms with Gasteiger partial charge in [-0.3, -0.25) is 0 Å². The Labute approximate surface area is 104 Å². The summed E-state index contributed by atoms with van der Waals surface area (Å²) in [5.41, 5.74) is 0.180. The molecule has 0 amide bonds. The van der Waals surface area contributed by atoms with Crippen LogP contribution >= 0.6 is 0 Å². The van der Waals surface area contributed by atoms with Crippen molar-refractivity contribution in [3.63, 3.8) is 0 Å². The molecule has 0 bridgehead atoms. The number of anilines is 1. The Bertz CT molecular complexity index is 337. The quantitative estimate of drug-likeness (QED) is 0.719. The van der Waals surface area contributed by atoms with E-state index in [1.165, 1.54) is 25.3 Å². The zero-order chi connectivity index (χ0) is 12.7. The highest BCUT2D eigenvalue weighted by atomic mass is 19.1. The van der Waals surface area contributed by atoms with E-state index in [0.29, 0.717) is 5.82 Å². The number of hydrogen-bond donors (Lipinski definition) is 1. The lowest BCUT2D eigenvalue weighted by Crippen LogP contribution is -2.23. The van der Waals surface area contributed by atoms with Crippen LogP contribution in [0.5, 0.6) is 0 Å². The van der Waals surface area contributed by atoms with Gasteiger partial charge in [-0.25, -0.2) is 9.37 Å². The summed E-state index contributed by atoms with van der Waals surface area (Å²) in [7, 11) is 0. The van der Waals surface area contributed by atoms with E-state index in [9.17, 15) is 4.39 Å². The van der Waals surface area contributed by atoms with Crippen LogP contribution in [0.4, 0.5) is 10.2 Å². The van der Waals surface area contributed by atoms with Crippen LogP contribution in [0.3, 0.4) is 0 Å². The molecule has 0 atom stereocenters. The van der Waals surface area contributed by atoms with E-state index in [0.717, 1.165) is 13.0 Å². The van der Waals surface area contributed by atoms with Crippen LogP contribution in [0, 0.1) is 11.2 Å². The van der Waals surface area contributed by atoms with Crippen molar-refractivity contribution in [2.24, 2.45) is 5.41 Å². The maximum Gasteiger partial charge on any atom is 0.165 e. The first-order valence-corrected chi connectivity index (χ1v) is 6.39. The van der Waals surface area contributed by atoms with Crippen molar-refractivity contribution in [1.29, 1.82) is 0 Å². The lowest BCUT2D eigenvalue weighted by atomic mass is 9.87. The fourth-order valence-electron chi connectivity index (χ4n) is 1.78. The van der Waals surface area contributed by atoms with E-state index < -0.39 is 0 Å². The first kappa shape index (κ1) is 13.9. The topological polar surface area (TPSA) is 24.9 Å². The van der Waals surface area contributed by atoms with E-state index in [1.54, 1.807) is 12.3 Å². The van der Waals surface area contributed by atoms with Crippen LogP contribution < -0.4 is 5.32 Å². The third-order valence-corrected chi connectivity index (χ3v) is 2.95. The lowest BCUT2D eigenvalue weighted by Gasteiger charge is -2.25. The molecule has 96 valence electrons. The van der Waals surface area contributed by atoms with Crippen molar-refractivity contribution in [3.05, 3.63) is 24.1 Å². The molecule has 0 aliphatic rings. The average molecular weight is 238 g/mol. The van der Waals surface area contributed by atoms with Crippen molar-refractivity contribution in [3.8, 4) is 0 Å². The normalized spacial score (nSPS) is 11.5. The minimum Gasteiger partial charge on any atom is -0.367 e. The van der Waals surface area contributed by atoms with Gasteiger partial charge >= 0.3 is 0 Å². The number of rotatable bonds is 7. The summed E-state index contributed by atoms with van der Waals surface area (Å²) >= 11 is 0. The zero-order valence-corrected chi connectivity index (χ0v) is 11.1. The summed E-state index contributed by atoms with van der Waals surface area (Å²) in [5, 5.41) is 3.09. The van der Waals surface area contributed by atoms with Gasteiger partial charge in [0.05, 0.1) is 0 Å². The minimum atomic E-state index is -0.281. The molecule has 0 saturated carbocycles. The number of nitrogens with one attached hydrogen (secondary N) is 1. The Hall–Kier alpha value is -1.12. The van der Waals surface area contributed by atoms with Gasteiger partial charge in [0.25, 0.3) is 0 Å². The standard InChI is InChI=1S/C14H23FN2/c1-4-5-6-9-14(2,3)11-17-13-12(15)8-7-10-16-13/h7-8,10H,4-6,9,11H2,1-3H3,(H,16,17). The molecular weight excluding hydrogens is 215 g/mol. The highest BCUT2D eigenvalue weighted by molar-refractivity contribution is 5.35. The maximum absolute atomic E-state index is 13.3. The van der Waals surface area contributed by atoms with Crippen molar-refractivity contribution in [2.75, 3.05) is 11.9 Å². The summed E-state index contributed by atoms with van der Waals surface area (Å²) in [6.45, 7) is 7.37. The van der Waals surface area contributed by atoms with Gasteiger partial charge in [0.15, 0.2) is 11.6 Å². The molecule has 3 heteroatoms. The van der Waals surface area contributed by atoms with Gasteiger partial charge in [-0.05, 0) is 24.0 Å². The predicted octanol–water partition coefficient (Wildman–Crippen LogP) is 4.24. The summed E-state index contributed by atoms with van der Waals surface area (Å²) in [4.78, 5) is 3.99. The number of halogens is 1. The van der Waals surface area contributed by atoms with Gasteiger partial charge in [-0.2, -0.15) is 0 Å². The van der Waals surface area contributed by atoms with Crippen molar-refractivity contribution >= 4 is 5.82 Å². The summed E-state index contributed by atoms with van der Waals surface area (Å²) in [6, 6.07) is 3.03. The van der Waals surface area contributed by atoms with Gasteiger partial charge in [0, 0.05) is 12.7 Å². The molecule has 0 aliphatic carbocycles. The maximum atomic E-state index is 13.3. The largest absolute Gasteiger partial charge is 0.367 e. The monoisotopic (exact) mass is 238 g/mol. The number of nitrogens with zero attached hydrogens (tertiary/aromatic N) is 1. The van der Waals surface area contributed by atoms with E-state index >= 15 is 0 Å². The molecule has 1 rings (SSSR count). The molecule has 2 nitrogen and oxygen atoms in total. The predicted molar refractivity (Wildman–Crippen MR) is 70.6 cm³/mol. The smallest absolute Gasteiger partial charge is 0.165 e. The Balaban J connectivity index is 2.41. The number of unbranched alkanes of at least 4 members (excludes halogenated alkanes) is 2. The van der Waals surface area contributed by atoms with E-state index in [-0.39, 0.29) is 11.2 Å². The van der Waals surface area contributed by atoms with Crippen LogP contribution in [-0.2, 0) is 0 Å². The van der Waals surface area contributed by atoms with E-state index in [1.807, 2.05) is 0 Å². The van der Waals surface area contributed by atoms with Gasteiger partial charge in [-0.15, -0.1) is 0 Å². The van der Waals surface area contributed by atoms with Gasteiger partial charge in [-0.1, -0.05) is 40.0 Å². The third kappa shape index (κ3) is 5.16. The molecule has 0 aliphatic heterocycles. The molecule has 0 fully saturated rings. The number of aromatic nitrogens is 1. The molecular formula is C14H23FN2. The molecule has 17 heavy (non-hydrogen) atoms. The average Bonchev–Trinajstić information content (AvgIpc) is 2.28. The van der Waals surface area contributed by atoms with Gasteiger partial charge < -0.3 is 5.32 Å². The van der Waals surface area contributed by atoms with Crippen molar-refractivity contribution in [2.45, 2.75) is 46.5 Å². The van der Waals surface area contributed by atoms with Crippen LogP contribution in [-0.4, -0.2) is 11.5 Å². The van der Waals surface area contributed by atoms with Crippen LogP contribution in [0.2, 0.25) is 0 Å². The highest BCUT2D eigenvalue weighted by Gasteiger charge is 2.17. The molecule has 0 saturated heterocycles. The fourth-order valence-corrected chi connectivity index (χ4v) is 1.78. The first-order valence-electron chi connectivity index (χ1n) is 6.39. The van der Waals surface area contributed by atoms with Crippen LogP contribution in [0.1, 0.15) is 46.5 Å². The second-order valence-corrected chi connectivity index (χ2v) is 5.31. The minimum absolute atomic E-state index is 0.180. The second-order valence-electron chi connectivity index (χ2n) is 5.31. The molecule has 1 aromatic heterocycles. The highest BCUT2D eigenvalue weighted by Crippen LogP contribution is 2.24. The number of pyridine rings is 1. The second kappa shape index (κ2) is 6.58. The third-order valence-electron chi connectivity index (χ3n) is 2.95. The Kier molecular flexibility index (Phi) is 5.39. The summed E-state index contributed by atoms with van der Waals surface area (Å²) in [6.07, 6.45) is 6.49. The fraction of sp³-hybridized carbons (Fsp3) is 0.643. The SMILES string of the molecule is CCCCCC(C)(C)CNc1ncccc1F. The number of hydrogen-bond acceptors (Lipinski definition) is 2. The molecule has 0 spiro atoms. The van der Waals surface area contributed by atoms with Crippen molar-refractivity contribution < 1.29 is 4.39 Å². The molecule has 1 heterocycles. The van der Waals surface area contributed by atoms with Crippen molar-refractivity contribution in [1.82, 2.24) is 4.98 Å². The van der Waals surface area contributed by atoms with Gasteiger partial charge in [0.1, 0.15) is 0 Å². The molecule has 0 aromatic carbocycles. The Morgan fingerprint density at radius 3 is 2.76 bits per heavy atom. The van der Waals surface area contributed by atoms with Crippen LogP contribution in [0.15, 0.2) is 18.3 Å². The van der Waals surface area contributed by atoms with E-state index in [4.69, 9.17) is 0 Å².